The Morgan fingerprint density at radius 2 is 1.88 bits per heavy atom. The highest BCUT2D eigenvalue weighted by molar-refractivity contribution is 9.10. The summed E-state index contributed by atoms with van der Waals surface area (Å²) in [5, 5.41) is 0. The zero-order valence-electron chi connectivity index (χ0n) is 9.12. The quantitative estimate of drug-likeness (QED) is 0.379. The third kappa shape index (κ3) is 2.83. The smallest absolute Gasteiger partial charge is 0.142 e. The summed E-state index contributed by atoms with van der Waals surface area (Å²) in [6, 6.07) is 8.46. The number of benzene rings is 1. The van der Waals surface area contributed by atoms with Gasteiger partial charge in [-0.1, -0.05) is 40.9 Å². The van der Waals surface area contributed by atoms with Gasteiger partial charge in [0.25, 0.3) is 0 Å². The van der Waals surface area contributed by atoms with Crippen LogP contribution in [-0.4, -0.2) is 11.9 Å². The minimum atomic E-state index is 0.440. The van der Waals surface area contributed by atoms with Gasteiger partial charge < -0.3 is 5.43 Å². The molecule has 1 aliphatic rings. The van der Waals surface area contributed by atoms with Crippen molar-refractivity contribution in [2.45, 2.75) is 31.7 Å². The molecule has 3 N–H and O–H groups in total. The van der Waals surface area contributed by atoms with E-state index in [-0.39, 0.29) is 0 Å². The molecule has 3 nitrogen and oxygen atoms in total. The van der Waals surface area contributed by atoms with Crippen molar-refractivity contribution < 1.29 is 0 Å². The molecule has 0 heterocycles. The lowest BCUT2D eigenvalue weighted by Crippen LogP contribution is -2.32. The fraction of sp³-hybridized carbons (Fsp3) is 0.417. The summed E-state index contributed by atoms with van der Waals surface area (Å²) in [5.41, 5.74) is 3.74. The topological polar surface area (TPSA) is 50.4 Å². The fourth-order valence-electron chi connectivity index (χ4n) is 2.02. The van der Waals surface area contributed by atoms with Gasteiger partial charge in [-0.05, 0) is 25.0 Å². The fourth-order valence-corrected chi connectivity index (χ4v) is 2.28. The van der Waals surface area contributed by atoms with Gasteiger partial charge in [0.1, 0.15) is 5.84 Å². The predicted octanol–water partition coefficient (Wildman–Crippen LogP) is 2.60. The van der Waals surface area contributed by atoms with E-state index in [2.05, 4.69) is 26.3 Å². The van der Waals surface area contributed by atoms with E-state index in [0.29, 0.717) is 6.04 Å². The predicted molar refractivity (Wildman–Crippen MR) is 70.3 cm³/mol. The van der Waals surface area contributed by atoms with Crippen LogP contribution in [0.25, 0.3) is 0 Å². The minimum absolute atomic E-state index is 0.440. The van der Waals surface area contributed by atoms with Crippen LogP contribution in [0.1, 0.15) is 31.2 Å². The van der Waals surface area contributed by atoms with Crippen LogP contribution < -0.4 is 11.3 Å². The van der Waals surface area contributed by atoms with E-state index in [1.54, 1.807) is 0 Å². The molecule has 0 aromatic heterocycles. The Morgan fingerprint density at radius 3 is 2.44 bits per heavy atom. The Morgan fingerprint density at radius 1 is 1.25 bits per heavy atom. The Hall–Kier alpha value is -0.870. The third-order valence-corrected chi connectivity index (χ3v) is 3.42. The van der Waals surface area contributed by atoms with Crippen molar-refractivity contribution >= 4 is 21.8 Å². The van der Waals surface area contributed by atoms with Crippen LogP contribution in [0.3, 0.4) is 0 Å². The van der Waals surface area contributed by atoms with Crippen LogP contribution in [-0.2, 0) is 0 Å². The SMILES string of the molecule is NNC(=NC1CCCC1)c1ccc(Br)cc1. The van der Waals surface area contributed by atoms with Gasteiger partial charge in [-0.15, -0.1) is 0 Å². The van der Waals surface area contributed by atoms with Gasteiger partial charge in [0.15, 0.2) is 0 Å². The van der Waals surface area contributed by atoms with Gasteiger partial charge >= 0.3 is 0 Å². The average molecular weight is 282 g/mol. The molecular formula is C12H16BrN3. The van der Waals surface area contributed by atoms with Crippen LogP contribution in [0.2, 0.25) is 0 Å². The number of nitrogens with zero attached hydrogens (tertiary/aromatic N) is 1. The first-order chi connectivity index (χ1) is 7.79. The van der Waals surface area contributed by atoms with Gasteiger partial charge in [0, 0.05) is 10.0 Å². The van der Waals surface area contributed by atoms with Crippen molar-refractivity contribution in [3.8, 4) is 0 Å². The minimum Gasteiger partial charge on any atom is -0.308 e. The standard InChI is InChI=1S/C12H16BrN3/c13-10-7-5-9(6-8-10)12(16-14)15-11-3-1-2-4-11/h5-8,11H,1-4,14H2,(H,15,16). The van der Waals surface area contributed by atoms with Crippen LogP contribution in [0.5, 0.6) is 0 Å². The molecule has 2 rings (SSSR count). The lowest BCUT2D eigenvalue weighted by atomic mass is 10.2. The van der Waals surface area contributed by atoms with E-state index in [9.17, 15) is 0 Å². The summed E-state index contributed by atoms with van der Waals surface area (Å²) in [4.78, 5) is 4.66. The lowest BCUT2D eigenvalue weighted by Gasteiger charge is -2.09. The Labute approximate surface area is 104 Å². The molecule has 1 aromatic carbocycles. The van der Waals surface area contributed by atoms with E-state index in [1.807, 2.05) is 24.3 Å². The average Bonchev–Trinajstić information content (AvgIpc) is 2.80. The van der Waals surface area contributed by atoms with Gasteiger partial charge in [-0.2, -0.15) is 0 Å². The number of hydrazine groups is 1. The normalized spacial score (nSPS) is 17.8. The van der Waals surface area contributed by atoms with Crippen molar-refractivity contribution in [3.63, 3.8) is 0 Å². The number of hydrogen-bond acceptors (Lipinski definition) is 2. The molecule has 0 bridgehead atoms. The first-order valence-electron chi connectivity index (χ1n) is 5.60. The maximum absolute atomic E-state index is 5.53. The van der Waals surface area contributed by atoms with Crippen LogP contribution in [0.15, 0.2) is 33.7 Å². The second-order valence-electron chi connectivity index (χ2n) is 4.07. The van der Waals surface area contributed by atoms with Crippen molar-refractivity contribution in [2.24, 2.45) is 10.8 Å². The molecule has 0 amide bonds. The monoisotopic (exact) mass is 281 g/mol. The summed E-state index contributed by atoms with van der Waals surface area (Å²) in [6.07, 6.45) is 4.93. The van der Waals surface area contributed by atoms with E-state index in [0.717, 1.165) is 15.9 Å². The van der Waals surface area contributed by atoms with Gasteiger partial charge in [-0.25, -0.2) is 5.84 Å². The number of nitrogens with one attached hydrogen (secondary N) is 1. The molecule has 16 heavy (non-hydrogen) atoms. The number of halogens is 1. The van der Waals surface area contributed by atoms with Gasteiger partial charge in [-0.3, -0.25) is 4.99 Å². The number of amidine groups is 1. The summed E-state index contributed by atoms with van der Waals surface area (Å²) >= 11 is 3.41. The van der Waals surface area contributed by atoms with E-state index < -0.39 is 0 Å². The summed E-state index contributed by atoms with van der Waals surface area (Å²) in [5.74, 6) is 6.32. The zero-order chi connectivity index (χ0) is 11.4. The summed E-state index contributed by atoms with van der Waals surface area (Å²) in [6.45, 7) is 0. The first kappa shape index (κ1) is 11.6. The molecule has 0 spiro atoms. The summed E-state index contributed by atoms with van der Waals surface area (Å²) < 4.78 is 1.06. The van der Waals surface area contributed by atoms with Crippen molar-refractivity contribution in [3.05, 3.63) is 34.3 Å². The van der Waals surface area contributed by atoms with E-state index in [1.165, 1.54) is 25.7 Å². The number of nitrogens with two attached hydrogens (primary N) is 1. The first-order valence-corrected chi connectivity index (χ1v) is 6.39. The summed E-state index contributed by atoms with van der Waals surface area (Å²) in [7, 11) is 0. The number of hydrogen-bond donors (Lipinski definition) is 2. The van der Waals surface area contributed by atoms with Crippen molar-refractivity contribution in [2.75, 3.05) is 0 Å². The maximum Gasteiger partial charge on any atom is 0.142 e. The van der Waals surface area contributed by atoms with Crippen LogP contribution >= 0.6 is 15.9 Å². The molecule has 1 fully saturated rings. The molecule has 0 unspecified atom stereocenters. The molecule has 1 aromatic rings. The molecular weight excluding hydrogens is 266 g/mol. The van der Waals surface area contributed by atoms with Crippen molar-refractivity contribution in [1.29, 1.82) is 0 Å². The molecule has 1 aliphatic carbocycles. The maximum atomic E-state index is 5.53. The highest BCUT2D eigenvalue weighted by Gasteiger charge is 2.14. The molecule has 0 atom stereocenters. The number of rotatable bonds is 2. The highest BCUT2D eigenvalue weighted by atomic mass is 79.9. The van der Waals surface area contributed by atoms with E-state index in [4.69, 9.17) is 5.84 Å². The zero-order valence-corrected chi connectivity index (χ0v) is 10.7. The Balaban J connectivity index is 2.17. The Kier molecular flexibility index (Phi) is 3.96. The molecule has 4 heteroatoms. The highest BCUT2D eigenvalue weighted by Crippen LogP contribution is 2.21. The molecule has 0 radical (unpaired) electrons. The van der Waals surface area contributed by atoms with E-state index >= 15 is 0 Å². The van der Waals surface area contributed by atoms with Gasteiger partial charge in [0.05, 0.1) is 6.04 Å². The third-order valence-electron chi connectivity index (χ3n) is 2.89. The molecule has 0 saturated heterocycles. The van der Waals surface area contributed by atoms with Gasteiger partial charge in [0.2, 0.25) is 0 Å². The molecule has 0 aliphatic heterocycles. The van der Waals surface area contributed by atoms with Crippen molar-refractivity contribution in [1.82, 2.24) is 5.43 Å². The lowest BCUT2D eigenvalue weighted by molar-refractivity contribution is 0.701. The largest absolute Gasteiger partial charge is 0.308 e. The number of aliphatic imine (C=N–C) groups is 1. The Bertz CT molecular complexity index is 366. The second-order valence-corrected chi connectivity index (χ2v) is 4.98. The molecule has 86 valence electrons. The van der Waals surface area contributed by atoms with Crippen LogP contribution in [0.4, 0.5) is 0 Å². The molecule has 1 saturated carbocycles. The van der Waals surface area contributed by atoms with Crippen LogP contribution in [0, 0.1) is 0 Å². The second kappa shape index (κ2) is 5.46.